The molecule has 6 rings (SSSR count). The second-order valence-corrected chi connectivity index (χ2v) is 11.8. The summed E-state index contributed by atoms with van der Waals surface area (Å²) in [6.07, 6.45) is 1.04. The Balaban J connectivity index is 1.38. The Labute approximate surface area is 265 Å². The number of aromatic hydroxyl groups is 1. The van der Waals surface area contributed by atoms with Gasteiger partial charge in [-0.05, 0) is 66.4 Å². The number of carbonyl (C=O) groups excluding carboxylic acids is 1. The summed E-state index contributed by atoms with van der Waals surface area (Å²) in [4.78, 5) is 30.0. The largest absolute Gasteiger partial charge is 0.507 e. The van der Waals surface area contributed by atoms with Crippen LogP contribution in [0.2, 0.25) is 0 Å². The van der Waals surface area contributed by atoms with E-state index in [0.717, 1.165) is 50.4 Å². The highest BCUT2D eigenvalue weighted by Gasteiger charge is 2.30. The average Bonchev–Trinajstić information content (AvgIpc) is 3.37. The van der Waals surface area contributed by atoms with Gasteiger partial charge in [0.1, 0.15) is 17.4 Å². The maximum absolute atomic E-state index is 14.0. The number of aryl methyl sites for hydroxylation is 2. The zero-order valence-corrected chi connectivity index (χ0v) is 25.8. The van der Waals surface area contributed by atoms with Crippen molar-refractivity contribution in [1.82, 2.24) is 14.9 Å². The molecule has 0 saturated carbocycles. The van der Waals surface area contributed by atoms with Gasteiger partial charge in [0, 0.05) is 51.8 Å². The lowest BCUT2D eigenvalue weighted by atomic mass is 9.85. The van der Waals surface area contributed by atoms with Gasteiger partial charge >= 0.3 is 6.03 Å². The highest BCUT2D eigenvalue weighted by atomic mass is 79.9. The maximum Gasteiger partial charge on any atom is 0.319 e. The van der Waals surface area contributed by atoms with Crippen molar-refractivity contribution in [2.75, 3.05) is 11.9 Å². The summed E-state index contributed by atoms with van der Waals surface area (Å²) in [6, 6.07) is 25.0. The van der Waals surface area contributed by atoms with Crippen molar-refractivity contribution in [3.8, 4) is 5.75 Å². The first-order valence-electron chi connectivity index (χ1n) is 14.4. The highest BCUT2D eigenvalue weighted by Crippen LogP contribution is 2.41. The predicted octanol–water partition coefficient (Wildman–Crippen LogP) is 7.70. The van der Waals surface area contributed by atoms with E-state index in [9.17, 15) is 23.5 Å². The van der Waals surface area contributed by atoms with Gasteiger partial charge in [-0.25, -0.2) is 13.6 Å². The Bertz CT molecular complexity index is 2100. The molecule has 0 aliphatic carbocycles. The van der Waals surface area contributed by atoms with Crippen molar-refractivity contribution < 1.29 is 18.7 Å². The third-order valence-electron chi connectivity index (χ3n) is 7.93. The molecule has 1 atom stereocenters. The van der Waals surface area contributed by atoms with Gasteiger partial charge in [0.25, 0.3) is 5.56 Å². The third kappa shape index (κ3) is 6.06. The third-order valence-corrected chi connectivity index (χ3v) is 8.42. The van der Waals surface area contributed by atoms with Crippen molar-refractivity contribution in [2.24, 2.45) is 7.05 Å². The molecule has 2 heterocycles. The minimum Gasteiger partial charge on any atom is -0.507 e. The molecule has 0 fully saturated rings. The lowest BCUT2D eigenvalue weighted by Gasteiger charge is -2.22. The SMILES string of the molecule is Cn1c(=O)c(C(c2cccc(Br)c2)c2[nH]c3ccccc3c2CCCNC(=O)Nc2cc(F)cc(F)c2)c(O)c2ccccc21. The quantitative estimate of drug-likeness (QED) is 0.125. The van der Waals surface area contributed by atoms with Gasteiger partial charge in [-0.2, -0.15) is 0 Å². The number of halogens is 3. The van der Waals surface area contributed by atoms with E-state index in [1.165, 1.54) is 0 Å². The van der Waals surface area contributed by atoms with E-state index in [1.54, 1.807) is 23.7 Å². The molecule has 0 aliphatic heterocycles. The molecule has 6 aromatic rings. The molecule has 0 aliphatic rings. The minimum atomic E-state index is -0.788. The Morgan fingerprint density at radius 3 is 2.42 bits per heavy atom. The van der Waals surface area contributed by atoms with Crippen LogP contribution in [-0.4, -0.2) is 27.2 Å². The molecular weight excluding hydrogens is 642 g/mol. The van der Waals surface area contributed by atoms with Gasteiger partial charge in [-0.15, -0.1) is 0 Å². The molecule has 0 spiro atoms. The Hall–Kier alpha value is -4.96. The number of para-hydroxylation sites is 2. The van der Waals surface area contributed by atoms with Crippen LogP contribution in [-0.2, 0) is 13.5 Å². The number of hydrogen-bond donors (Lipinski definition) is 4. The Kier molecular flexibility index (Phi) is 8.40. The number of benzene rings is 4. The fourth-order valence-electron chi connectivity index (χ4n) is 5.93. The van der Waals surface area contributed by atoms with Crippen LogP contribution in [0.3, 0.4) is 0 Å². The number of pyridine rings is 1. The second-order valence-electron chi connectivity index (χ2n) is 10.8. The predicted molar refractivity (Wildman–Crippen MR) is 176 cm³/mol. The molecule has 7 nitrogen and oxygen atoms in total. The summed E-state index contributed by atoms with van der Waals surface area (Å²) >= 11 is 3.57. The zero-order valence-electron chi connectivity index (χ0n) is 24.2. The van der Waals surface area contributed by atoms with E-state index in [2.05, 4.69) is 31.5 Å². The molecular formula is C35H29BrF2N4O3. The molecule has 2 amide bonds. The van der Waals surface area contributed by atoms with Crippen LogP contribution < -0.4 is 16.2 Å². The molecule has 0 saturated heterocycles. The number of H-pyrrole nitrogens is 1. The van der Waals surface area contributed by atoms with Gasteiger partial charge in [0.2, 0.25) is 0 Å². The average molecular weight is 672 g/mol. The normalized spacial score (nSPS) is 12.0. The lowest BCUT2D eigenvalue weighted by Crippen LogP contribution is -2.30. The van der Waals surface area contributed by atoms with E-state index in [4.69, 9.17) is 0 Å². The summed E-state index contributed by atoms with van der Waals surface area (Å²) in [7, 11) is 1.70. The smallest absolute Gasteiger partial charge is 0.319 e. The molecule has 4 aromatic carbocycles. The van der Waals surface area contributed by atoms with Crippen LogP contribution >= 0.6 is 15.9 Å². The molecule has 45 heavy (non-hydrogen) atoms. The minimum absolute atomic E-state index is 0.0116. The summed E-state index contributed by atoms with van der Waals surface area (Å²) in [5, 5.41) is 18.4. The number of amides is 2. The zero-order chi connectivity index (χ0) is 31.7. The standard InChI is InChI=1S/C35H29BrF2N4O3/c1-42-29-14-5-3-11-27(29)33(43)31(34(42)44)30(20-8-6-9-21(36)16-20)32-26(25-10-2-4-13-28(25)41-32)12-7-15-39-35(45)40-24-18-22(37)17-23(38)19-24/h2-6,8-11,13-14,16-19,30,41,43H,7,12,15H2,1H3,(H2,39,40,45). The summed E-state index contributed by atoms with van der Waals surface area (Å²) in [5.74, 6) is -2.29. The number of aromatic amines is 1. The molecule has 4 N–H and O–H groups in total. The van der Waals surface area contributed by atoms with Crippen LogP contribution in [0.5, 0.6) is 5.75 Å². The van der Waals surface area contributed by atoms with Crippen molar-refractivity contribution in [2.45, 2.75) is 18.8 Å². The van der Waals surface area contributed by atoms with Crippen LogP contribution in [0.15, 0.2) is 100 Å². The number of carbonyl (C=O) groups is 1. The summed E-state index contributed by atoms with van der Waals surface area (Å²) in [5.41, 5.74) is 3.96. The molecule has 0 bridgehead atoms. The molecule has 228 valence electrons. The number of rotatable bonds is 8. The number of aromatic nitrogens is 2. The maximum atomic E-state index is 14.0. The first-order valence-corrected chi connectivity index (χ1v) is 15.2. The van der Waals surface area contributed by atoms with Gasteiger partial charge in [-0.3, -0.25) is 4.79 Å². The first kappa shape index (κ1) is 30.1. The lowest BCUT2D eigenvalue weighted by molar-refractivity contribution is 0.252. The van der Waals surface area contributed by atoms with Crippen LogP contribution in [0.1, 0.15) is 34.7 Å². The number of urea groups is 1. The van der Waals surface area contributed by atoms with Crippen molar-refractivity contribution in [1.29, 1.82) is 0 Å². The monoisotopic (exact) mass is 670 g/mol. The molecule has 1 unspecified atom stereocenters. The van der Waals surface area contributed by atoms with E-state index < -0.39 is 23.6 Å². The number of fused-ring (bicyclic) bond motifs is 2. The Morgan fingerprint density at radius 1 is 0.956 bits per heavy atom. The highest BCUT2D eigenvalue weighted by molar-refractivity contribution is 9.10. The molecule has 2 aromatic heterocycles. The number of nitrogens with one attached hydrogen (secondary N) is 3. The van der Waals surface area contributed by atoms with Crippen molar-refractivity contribution in [3.05, 3.63) is 140 Å². The van der Waals surface area contributed by atoms with Gasteiger partial charge in [0.05, 0.1) is 17.0 Å². The van der Waals surface area contributed by atoms with Crippen molar-refractivity contribution >= 4 is 49.5 Å². The number of anilines is 1. The van der Waals surface area contributed by atoms with E-state index in [-0.39, 0.29) is 29.1 Å². The van der Waals surface area contributed by atoms with E-state index >= 15 is 0 Å². The van der Waals surface area contributed by atoms with Crippen LogP contribution in [0.25, 0.3) is 21.8 Å². The van der Waals surface area contributed by atoms with Gasteiger partial charge < -0.3 is 25.3 Å². The molecule has 0 radical (unpaired) electrons. The molecule has 10 heteroatoms. The van der Waals surface area contributed by atoms with E-state index in [0.29, 0.717) is 23.7 Å². The number of hydrogen-bond acceptors (Lipinski definition) is 3. The fourth-order valence-corrected chi connectivity index (χ4v) is 6.35. The second kappa shape index (κ2) is 12.6. The summed E-state index contributed by atoms with van der Waals surface area (Å²) < 4.78 is 29.5. The first-order chi connectivity index (χ1) is 21.7. The Morgan fingerprint density at radius 2 is 1.67 bits per heavy atom. The van der Waals surface area contributed by atoms with Gasteiger partial charge in [-0.1, -0.05) is 58.4 Å². The fraction of sp³-hybridized carbons (Fsp3) is 0.143. The van der Waals surface area contributed by atoms with E-state index in [1.807, 2.05) is 60.7 Å². The van der Waals surface area contributed by atoms with Crippen LogP contribution in [0.4, 0.5) is 19.3 Å². The van der Waals surface area contributed by atoms with Crippen LogP contribution in [0, 0.1) is 11.6 Å². The topological polar surface area (TPSA) is 99.2 Å². The summed E-state index contributed by atoms with van der Waals surface area (Å²) in [6.45, 7) is 0.271. The number of nitrogens with zero attached hydrogens (tertiary/aromatic N) is 1. The van der Waals surface area contributed by atoms with Crippen molar-refractivity contribution in [3.63, 3.8) is 0 Å². The van der Waals surface area contributed by atoms with Gasteiger partial charge in [0.15, 0.2) is 0 Å².